The predicted molar refractivity (Wildman–Crippen MR) is 140 cm³/mol. The first-order valence-electron chi connectivity index (χ1n) is 12.0. The number of nitrogen functional groups attached to an aromatic ring is 1. The second-order valence-corrected chi connectivity index (χ2v) is 9.00. The van der Waals surface area contributed by atoms with Gasteiger partial charge in [-0.3, -0.25) is 4.79 Å². The minimum atomic E-state index is -0.260. The number of nitrogens with one attached hydrogen (secondary N) is 2. The smallest absolute Gasteiger partial charge is 0.255 e. The molecule has 0 atom stereocenters. The van der Waals surface area contributed by atoms with Crippen molar-refractivity contribution in [3.05, 3.63) is 84.1 Å². The average molecular weight is 496 g/mol. The van der Waals surface area contributed by atoms with Gasteiger partial charge >= 0.3 is 0 Å². The molecule has 4 N–H and O–H groups in total. The molecule has 37 heavy (non-hydrogen) atoms. The van der Waals surface area contributed by atoms with E-state index in [1.807, 2.05) is 30.3 Å². The van der Waals surface area contributed by atoms with Crippen LogP contribution in [0.4, 0.5) is 23.0 Å². The summed E-state index contributed by atoms with van der Waals surface area (Å²) in [6.45, 7) is 2.31. The summed E-state index contributed by atoms with van der Waals surface area (Å²) in [5.41, 5.74) is 10.9. The highest BCUT2D eigenvalue weighted by Crippen LogP contribution is 2.30. The van der Waals surface area contributed by atoms with Crippen molar-refractivity contribution < 1.29 is 19.0 Å². The third kappa shape index (κ3) is 5.03. The predicted octanol–water partition coefficient (Wildman–Crippen LogP) is 4.64. The molecule has 3 aromatic carbocycles. The lowest BCUT2D eigenvalue weighted by atomic mass is 10.1. The summed E-state index contributed by atoms with van der Waals surface area (Å²) in [5, 5.41) is 6.16. The Kier molecular flexibility index (Phi) is 6.03. The molecule has 8 bridgehead atoms. The number of amides is 1. The van der Waals surface area contributed by atoms with Crippen LogP contribution < -0.4 is 25.8 Å². The van der Waals surface area contributed by atoms with E-state index in [2.05, 4.69) is 20.6 Å². The van der Waals surface area contributed by atoms with Crippen LogP contribution in [0, 0.1) is 5.92 Å². The molecule has 0 unspecified atom stereocenters. The summed E-state index contributed by atoms with van der Waals surface area (Å²) >= 11 is 0. The normalized spacial score (nSPS) is 14.9. The van der Waals surface area contributed by atoms with Gasteiger partial charge in [-0.25, -0.2) is 9.97 Å². The van der Waals surface area contributed by atoms with Gasteiger partial charge in [0.2, 0.25) is 5.95 Å². The molecule has 4 aromatic rings. The fourth-order valence-corrected chi connectivity index (χ4v) is 4.13. The van der Waals surface area contributed by atoms with E-state index in [1.54, 1.807) is 42.6 Å². The molecule has 6 heterocycles. The number of carbonyl (C=O) groups excluding carboxylic acids is 1. The molecular weight excluding hydrogens is 470 g/mol. The third-order valence-corrected chi connectivity index (χ3v) is 6.25. The van der Waals surface area contributed by atoms with Crippen LogP contribution >= 0.6 is 0 Å². The van der Waals surface area contributed by atoms with Gasteiger partial charge in [-0.05, 0) is 66.7 Å². The molecule has 9 rings (SSSR count). The minimum Gasteiger partial charge on any atom is -0.493 e. The Balaban J connectivity index is 1.37. The summed E-state index contributed by atoms with van der Waals surface area (Å²) in [5.74, 6) is 1.96. The Hall–Kier alpha value is -4.63. The largest absolute Gasteiger partial charge is 0.493 e. The first-order valence-corrected chi connectivity index (χ1v) is 12.0. The highest BCUT2D eigenvalue weighted by molar-refractivity contribution is 6.05. The molecule has 0 radical (unpaired) electrons. The van der Waals surface area contributed by atoms with E-state index in [0.29, 0.717) is 59.0 Å². The van der Waals surface area contributed by atoms with E-state index in [-0.39, 0.29) is 5.91 Å². The van der Waals surface area contributed by atoms with Gasteiger partial charge in [-0.2, -0.15) is 0 Å². The Morgan fingerprint density at radius 3 is 2.59 bits per heavy atom. The standard InChI is InChI=1S/C28H25N5O4/c29-24-12-18-1-7-23(24)25-9-10-30-28(33-25)32-21-4-8-26(37-15-17-13-35-14-17)19(11-21)16-36-22-5-2-20(3-6-22)31-27(18)34/h1-12,17H,13-16,29H2,(H,31,34)(H,30,32,33). The van der Waals surface area contributed by atoms with Crippen LogP contribution in [0.15, 0.2) is 72.9 Å². The summed E-state index contributed by atoms with van der Waals surface area (Å²) < 4.78 is 17.4. The third-order valence-electron chi connectivity index (χ3n) is 6.25. The topological polar surface area (TPSA) is 121 Å². The lowest BCUT2D eigenvalue weighted by molar-refractivity contribution is -0.0510. The van der Waals surface area contributed by atoms with Crippen LogP contribution in [0.3, 0.4) is 0 Å². The van der Waals surface area contributed by atoms with Gasteiger partial charge < -0.3 is 30.6 Å². The van der Waals surface area contributed by atoms with Crippen LogP contribution in [0.2, 0.25) is 0 Å². The van der Waals surface area contributed by atoms with Crippen molar-refractivity contribution in [2.24, 2.45) is 5.92 Å². The van der Waals surface area contributed by atoms with Crippen molar-refractivity contribution in [3.63, 3.8) is 0 Å². The van der Waals surface area contributed by atoms with E-state index < -0.39 is 0 Å². The molecule has 1 saturated heterocycles. The summed E-state index contributed by atoms with van der Waals surface area (Å²) in [6, 6.07) is 20.0. The zero-order valence-corrected chi connectivity index (χ0v) is 19.9. The number of hydrogen-bond acceptors (Lipinski definition) is 8. The molecule has 9 nitrogen and oxygen atoms in total. The minimum absolute atomic E-state index is 0.260. The number of rotatable bonds is 3. The number of aromatic nitrogens is 2. The maximum Gasteiger partial charge on any atom is 0.255 e. The zero-order chi connectivity index (χ0) is 25.2. The number of ether oxygens (including phenoxy) is 3. The number of carbonyl (C=O) groups is 1. The Labute approximate surface area is 213 Å². The van der Waals surface area contributed by atoms with Gasteiger partial charge in [-0.15, -0.1) is 0 Å². The Morgan fingerprint density at radius 2 is 1.81 bits per heavy atom. The van der Waals surface area contributed by atoms with E-state index >= 15 is 0 Å². The molecule has 9 heteroatoms. The fraction of sp³-hybridized carbons (Fsp3) is 0.179. The first kappa shape index (κ1) is 22.8. The van der Waals surface area contributed by atoms with Crippen molar-refractivity contribution in [1.29, 1.82) is 0 Å². The van der Waals surface area contributed by atoms with Crippen molar-refractivity contribution in [2.75, 3.05) is 36.2 Å². The molecule has 0 spiro atoms. The first-order chi connectivity index (χ1) is 18.1. The summed E-state index contributed by atoms with van der Waals surface area (Å²) in [6.07, 6.45) is 1.66. The molecule has 1 aromatic heterocycles. The van der Waals surface area contributed by atoms with Gasteiger partial charge in [0, 0.05) is 45.9 Å². The van der Waals surface area contributed by atoms with Crippen LogP contribution in [0.25, 0.3) is 11.3 Å². The highest BCUT2D eigenvalue weighted by Gasteiger charge is 2.20. The molecule has 0 saturated carbocycles. The number of anilines is 4. The second-order valence-electron chi connectivity index (χ2n) is 9.00. The van der Waals surface area contributed by atoms with Crippen molar-refractivity contribution >= 4 is 28.9 Å². The van der Waals surface area contributed by atoms with Crippen LogP contribution in [-0.2, 0) is 11.3 Å². The maximum absolute atomic E-state index is 12.8. The van der Waals surface area contributed by atoms with Crippen LogP contribution in [-0.4, -0.2) is 35.7 Å². The lowest BCUT2D eigenvalue weighted by Gasteiger charge is -2.26. The molecule has 5 aliphatic heterocycles. The van der Waals surface area contributed by atoms with E-state index in [1.165, 1.54) is 0 Å². The van der Waals surface area contributed by atoms with Gasteiger partial charge in [0.15, 0.2) is 0 Å². The van der Waals surface area contributed by atoms with Gasteiger partial charge in [0.1, 0.15) is 18.1 Å². The average Bonchev–Trinajstić information content (AvgIpc) is 2.88. The molecule has 0 aliphatic carbocycles. The fourth-order valence-electron chi connectivity index (χ4n) is 4.13. The summed E-state index contributed by atoms with van der Waals surface area (Å²) in [4.78, 5) is 21.8. The lowest BCUT2D eigenvalue weighted by Crippen LogP contribution is -2.32. The quantitative estimate of drug-likeness (QED) is 0.352. The van der Waals surface area contributed by atoms with Crippen LogP contribution in [0.5, 0.6) is 11.5 Å². The van der Waals surface area contributed by atoms with Gasteiger partial charge in [-0.1, -0.05) is 0 Å². The Bertz CT molecular complexity index is 1450. The number of nitrogens with zero attached hydrogens (tertiary/aromatic N) is 2. The van der Waals surface area contributed by atoms with E-state index in [4.69, 9.17) is 19.9 Å². The molecule has 1 fully saturated rings. The van der Waals surface area contributed by atoms with Crippen molar-refractivity contribution in [1.82, 2.24) is 9.97 Å². The number of hydrogen-bond donors (Lipinski definition) is 3. The zero-order valence-electron chi connectivity index (χ0n) is 19.9. The molecule has 186 valence electrons. The van der Waals surface area contributed by atoms with Gasteiger partial charge in [0.05, 0.1) is 25.5 Å². The monoisotopic (exact) mass is 495 g/mol. The van der Waals surface area contributed by atoms with Crippen molar-refractivity contribution in [2.45, 2.75) is 6.61 Å². The molecule has 5 aliphatic rings. The van der Waals surface area contributed by atoms with Crippen LogP contribution in [0.1, 0.15) is 15.9 Å². The highest BCUT2D eigenvalue weighted by atomic mass is 16.5. The SMILES string of the molecule is Nc1cc2ccc1-c1ccnc(n1)Nc1ccc(OCC3COC3)c(c1)COc1ccc(cc1)NC2=O. The van der Waals surface area contributed by atoms with Gasteiger partial charge in [0.25, 0.3) is 5.91 Å². The van der Waals surface area contributed by atoms with Crippen molar-refractivity contribution in [3.8, 4) is 22.8 Å². The maximum atomic E-state index is 12.8. The van der Waals surface area contributed by atoms with E-state index in [9.17, 15) is 4.79 Å². The second kappa shape index (κ2) is 9.79. The number of benzene rings is 3. The summed E-state index contributed by atoms with van der Waals surface area (Å²) in [7, 11) is 0. The van der Waals surface area contributed by atoms with E-state index in [0.717, 1.165) is 30.2 Å². The number of nitrogens with two attached hydrogens (primary N) is 1. The Morgan fingerprint density at radius 1 is 0.973 bits per heavy atom. The molecule has 1 amide bonds. The molecular formula is C28H25N5O4.